The van der Waals surface area contributed by atoms with Crippen LogP contribution in [-0.4, -0.2) is 64.0 Å². The lowest BCUT2D eigenvalue weighted by molar-refractivity contribution is -0.118. The molecule has 8 nitrogen and oxygen atoms in total. The van der Waals surface area contributed by atoms with Gasteiger partial charge in [0, 0.05) is 42.5 Å². The van der Waals surface area contributed by atoms with Crippen LogP contribution in [0.3, 0.4) is 0 Å². The first-order valence-corrected chi connectivity index (χ1v) is 12.0. The number of nitrogens with zero attached hydrogens (tertiary/aromatic N) is 3. The Labute approximate surface area is 199 Å². The molecule has 0 aromatic heterocycles. The Hall–Kier alpha value is -3.55. The minimum Gasteiger partial charge on any atom is -0.465 e. The van der Waals surface area contributed by atoms with E-state index in [1.807, 2.05) is 59.2 Å². The smallest absolute Gasteiger partial charge is 0.407 e. The number of para-hydroxylation sites is 1. The lowest BCUT2D eigenvalue weighted by Crippen LogP contribution is -2.50. The number of likely N-dealkylation sites (tertiary alicyclic amines) is 2. The van der Waals surface area contributed by atoms with Crippen LogP contribution in [0.5, 0.6) is 0 Å². The third-order valence-electron chi connectivity index (χ3n) is 7.38. The fourth-order valence-electron chi connectivity index (χ4n) is 5.73. The Morgan fingerprint density at radius 3 is 2.29 bits per heavy atom. The van der Waals surface area contributed by atoms with E-state index >= 15 is 0 Å². The van der Waals surface area contributed by atoms with Crippen molar-refractivity contribution in [2.75, 3.05) is 23.3 Å². The fraction of sp³-hybridized carbons (Fsp3) is 0.423. The van der Waals surface area contributed by atoms with Gasteiger partial charge in [0.25, 0.3) is 5.91 Å². The first-order valence-electron chi connectivity index (χ1n) is 12.0. The first-order chi connectivity index (χ1) is 16.4. The summed E-state index contributed by atoms with van der Waals surface area (Å²) in [6.07, 6.45) is 1.07. The topological polar surface area (TPSA) is 93.2 Å². The lowest BCUT2D eigenvalue weighted by Gasteiger charge is -2.40. The Morgan fingerprint density at radius 1 is 0.971 bits per heavy atom. The Bertz CT molecular complexity index is 1120. The van der Waals surface area contributed by atoms with Crippen molar-refractivity contribution in [1.29, 1.82) is 0 Å². The molecule has 0 aliphatic carbocycles. The molecule has 2 aromatic rings. The number of fused-ring (bicyclic) bond motifs is 3. The maximum atomic E-state index is 13.1. The number of carbonyl (C=O) groups is 3. The molecular formula is C26H30N4O4. The van der Waals surface area contributed by atoms with Gasteiger partial charge in [-0.15, -0.1) is 0 Å². The molecule has 2 fully saturated rings. The summed E-state index contributed by atoms with van der Waals surface area (Å²) in [4.78, 5) is 42.1. The number of amides is 3. The van der Waals surface area contributed by atoms with E-state index in [2.05, 4.69) is 18.3 Å². The van der Waals surface area contributed by atoms with Gasteiger partial charge in [0.2, 0.25) is 5.91 Å². The Kier molecular flexibility index (Phi) is 5.67. The summed E-state index contributed by atoms with van der Waals surface area (Å²) in [7, 11) is 0. The zero-order valence-electron chi connectivity index (χ0n) is 19.5. The van der Waals surface area contributed by atoms with Gasteiger partial charge in [-0.2, -0.15) is 0 Å². The van der Waals surface area contributed by atoms with Gasteiger partial charge in [-0.1, -0.05) is 25.1 Å². The third-order valence-corrected chi connectivity index (χ3v) is 7.38. The average Bonchev–Trinajstić information content (AvgIpc) is 3.45. The van der Waals surface area contributed by atoms with Crippen molar-refractivity contribution >= 4 is 29.3 Å². The van der Waals surface area contributed by atoms with Crippen molar-refractivity contribution in [2.24, 2.45) is 0 Å². The highest BCUT2D eigenvalue weighted by molar-refractivity contribution is 5.96. The van der Waals surface area contributed by atoms with E-state index in [-0.39, 0.29) is 36.0 Å². The fourth-order valence-corrected chi connectivity index (χ4v) is 5.73. The molecule has 8 heteroatoms. The van der Waals surface area contributed by atoms with Crippen molar-refractivity contribution in [3.8, 4) is 0 Å². The van der Waals surface area contributed by atoms with Gasteiger partial charge in [-0.3, -0.25) is 9.59 Å². The van der Waals surface area contributed by atoms with E-state index in [0.29, 0.717) is 31.5 Å². The molecule has 0 saturated carbocycles. The van der Waals surface area contributed by atoms with Crippen LogP contribution in [0.1, 0.15) is 55.1 Å². The summed E-state index contributed by atoms with van der Waals surface area (Å²) in [6, 6.07) is 15.5. The number of piperazine rings is 1. The molecule has 2 aromatic carbocycles. The van der Waals surface area contributed by atoms with E-state index in [1.165, 1.54) is 4.90 Å². The largest absolute Gasteiger partial charge is 0.465 e. The van der Waals surface area contributed by atoms with Crippen LogP contribution in [0.25, 0.3) is 0 Å². The van der Waals surface area contributed by atoms with E-state index in [1.54, 1.807) is 0 Å². The van der Waals surface area contributed by atoms with Crippen LogP contribution in [0.15, 0.2) is 48.5 Å². The minimum absolute atomic E-state index is 0.0413. The second-order valence-electron chi connectivity index (χ2n) is 9.47. The quantitative estimate of drug-likeness (QED) is 0.718. The Morgan fingerprint density at radius 2 is 1.65 bits per heavy atom. The zero-order chi connectivity index (χ0) is 24.0. The highest BCUT2D eigenvalue weighted by Crippen LogP contribution is 2.39. The van der Waals surface area contributed by atoms with Crippen molar-refractivity contribution in [3.05, 3.63) is 59.7 Å². The molecule has 178 valence electrons. The summed E-state index contributed by atoms with van der Waals surface area (Å²) in [5.41, 5.74) is 3.58. The number of rotatable bonds is 4. The third kappa shape index (κ3) is 3.77. The molecule has 0 spiro atoms. The minimum atomic E-state index is -0.907. The summed E-state index contributed by atoms with van der Waals surface area (Å²) in [6.45, 7) is 4.82. The number of hydrogen-bond acceptors (Lipinski definition) is 4. The van der Waals surface area contributed by atoms with Gasteiger partial charge in [0.1, 0.15) is 0 Å². The molecule has 2 N–H and O–H groups in total. The molecule has 3 amide bonds. The highest BCUT2D eigenvalue weighted by atomic mass is 16.4. The normalized spacial score (nSPS) is 25.3. The summed E-state index contributed by atoms with van der Waals surface area (Å²) >= 11 is 0. The molecule has 3 heterocycles. The van der Waals surface area contributed by atoms with Gasteiger partial charge in [0.15, 0.2) is 0 Å². The van der Waals surface area contributed by atoms with Gasteiger partial charge < -0.3 is 25.1 Å². The maximum Gasteiger partial charge on any atom is 0.407 e. The monoisotopic (exact) mass is 462 g/mol. The van der Waals surface area contributed by atoms with Crippen LogP contribution >= 0.6 is 0 Å². The van der Waals surface area contributed by atoms with Crippen LogP contribution in [0.2, 0.25) is 0 Å². The van der Waals surface area contributed by atoms with Crippen LogP contribution in [0.4, 0.5) is 16.2 Å². The van der Waals surface area contributed by atoms with E-state index in [9.17, 15) is 19.5 Å². The van der Waals surface area contributed by atoms with Crippen LogP contribution < -0.4 is 10.2 Å². The molecule has 2 saturated heterocycles. The van der Waals surface area contributed by atoms with E-state index in [4.69, 9.17) is 0 Å². The lowest BCUT2D eigenvalue weighted by atomic mass is 9.91. The van der Waals surface area contributed by atoms with Gasteiger partial charge in [-0.05, 0) is 55.7 Å². The molecule has 2 bridgehead atoms. The molecule has 3 aliphatic heterocycles. The Balaban J connectivity index is 1.29. The number of benzene rings is 2. The van der Waals surface area contributed by atoms with Crippen molar-refractivity contribution in [2.45, 2.75) is 57.3 Å². The summed E-state index contributed by atoms with van der Waals surface area (Å²) < 4.78 is 0. The predicted octanol–water partition coefficient (Wildman–Crippen LogP) is 3.95. The number of carboxylic acid groups (broad SMARTS) is 1. The molecule has 3 aliphatic rings. The summed E-state index contributed by atoms with van der Waals surface area (Å²) in [5, 5.41) is 12.9. The van der Waals surface area contributed by atoms with Crippen molar-refractivity contribution in [1.82, 2.24) is 9.80 Å². The van der Waals surface area contributed by atoms with Crippen molar-refractivity contribution in [3.63, 3.8) is 0 Å². The first kappa shape index (κ1) is 22.3. The molecule has 0 radical (unpaired) electrons. The molecule has 34 heavy (non-hydrogen) atoms. The predicted molar refractivity (Wildman–Crippen MR) is 129 cm³/mol. The highest BCUT2D eigenvalue weighted by Gasteiger charge is 2.47. The molecular weight excluding hydrogens is 432 g/mol. The van der Waals surface area contributed by atoms with Gasteiger partial charge in [-0.25, -0.2) is 4.79 Å². The standard InChI is InChI=1S/C26H30N4O4/c1-3-24(31)30-16(2)12-22(21-6-4-5-7-23(21)30)27-18-10-8-17(9-11-18)25(32)28-14-20-13-19(28)15-29(20)26(33)34/h4-11,16,19-20,22,27H,3,12-15H2,1-2H3,(H,33,34)/t16-,19?,20?,22+/m0/s1. The van der Waals surface area contributed by atoms with E-state index in [0.717, 1.165) is 23.4 Å². The average molecular weight is 463 g/mol. The zero-order valence-corrected chi connectivity index (χ0v) is 19.5. The maximum absolute atomic E-state index is 13.1. The molecule has 5 rings (SSSR count). The number of anilines is 2. The number of carbonyl (C=O) groups excluding carboxylic acids is 2. The van der Waals surface area contributed by atoms with Crippen molar-refractivity contribution < 1.29 is 19.5 Å². The number of hydrogen-bond donors (Lipinski definition) is 2. The van der Waals surface area contributed by atoms with Crippen LogP contribution in [-0.2, 0) is 4.79 Å². The number of nitrogens with one attached hydrogen (secondary N) is 1. The summed E-state index contributed by atoms with van der Waals surface area (Å²) in [5.74, 6) is 0.0813. The SMILES string of the molecule is CCC(=O)N1c2ccccc2[C@H](Nc2ccc(C(=O)N3CC4CC3CN4C(=O)O)cc2)C[C@@H]1C. The molecule has 4 atom stereocenters. The van der Waals surface area contributed by atoms with Gasteiger partial charge >= 0.3 is 6.09 Å². The van der Waals surface area contributed by atoms with E-state index < -0.39 is 6.09 Å². The molecule has 2 unspecified atom stereocenters. The second-order valence-corrected chi connectivity index (χ2v) is 9.47. The van der Waals surface area contributed by atoms with Crippen LogP contribution in [0, 0.1) is 0 Å². The van der Waals surface area contributed by atoms with Gasteiger partial charge in [0.05, 0.1) is 18.1 Å². The second kappa shape index (κ2) is 8.66.